The van der Waals surface area contributed by atoms with Gasteiger partial charge in [-0.2, -0.15) is 0 Å². The summed E-state index contributed by atoms with van der Waals surface area (Å²) in [5, 5.41) is 15.3. The van der Waals surface area contributed by atoms with Crippen molar-refractivity contribution >= 4 is 55.5 Å². The molecule has 13 heteroatoms. The van der Waals surface area contributed by atoms with E-state index in [1.807, 2.05) is 0 Å². The lowest BCUT2D eigenvalue weighted by Gasteiger charge is -2.12. The molecule has 9 nitrogen and oxygen atoms in total. The van der Waals surface area contributed by atoms with E-state index in [2.05, 4.69) is 25.3 Å². The number of rotatable bonds is 6. The molecular formula is C21H16F3N5O4S. The molecule has 3 N–H and O–H groups in total. The van der Waals surface area contributed by atoms with Crippen molar-refractivity contribution in [2.45, 2.75) is 24.7 Å². The minimum absolute atomic E-state index is 0.279. The molecule has 2 aromatic carbocycles. The molecule has 0 aliphatic heterocycles. The van der Waals surface area contributed by atoms with E-state index < -0.39 is 23.8 Å². The van der Waals surface area contributed by atoms with E-state index in [1.165, 1.54) is 18.2 Å². The highest BCUT2D eigenvalue weighted by molar-refractivity contribution is 7.22. The van der Waals surface area contributed by atoms with Gasteiger partial charge >= 0.3 is 12.3 Å². The topological polar surface area (TPSA) is 118 Å². The van der Waals surface area contributed by atoms with Gasteiger partial charge in [0.15, 0.2) is 5.13 Å². The van der Waals surface area contributed by atoms with E-state index in [1.54, 1.807) is 29.8 Å². The molecule has 2 heterocycles. The smallest absolute Gasteiger partial charge is 0.480 e. The minimum Gasteiger partial charge on any atom is -0.480 e. The van der Waals surface area contributed by atoms with Crippen molar-refractivity contribution in [2.24, 2.45) is 7.05 Å². The van der Waals surface area contributed by atoms with Gasteiger partial charge in [-0.15, -0.1) is 13.2 Å². The maximum Gasteiger partial charge on any atom is 0.573 e. The average Bonchev–Trinajstić information content (AvgIpc) is 3.33. The van der Waals surface area contributed by atoms with Crippen LogP contribution in [0.1, 0.15) is 23.2 Å². The molecule has 0 saturated heterocycles. The first-order valence-corrected chi connectivity index (χ1v) is 10.8. The van der Waals surface area contributed by atoms with E-state index >= 15 is 0 Å². The molecule has 1 amide bonds. The molecule has 1 saturated carbocycles. The van der Waals surface area contributed by atoms with E-state index in [-0.39, 0.29) is 11.3 Å². The number of fused-ring (bicyclic) bond motifs is 2. The van der Waals surface area contributed by atoms with E-state index in [0.29, 0.717) is 45.2 Å². The zero-order valence-corrected chi connectivity index (χ0v) is 18.3. The van der Waals surface area contributed by atoms with Crippen molar-refractivity contribution in [3.8, 4) is 5.75 Å². The number of aliphatic carboxylic acids is 1. The van der Waals surface area contributed by atoms with Gasteiger partial charge in [0.05, 0.1) is 21.3 Å². The first-order chi connectivity index (χ1) is 16.0. The first-order valence-electron chi connectivity index (χ1n) is 9.99. The number of thiazole rings is 1. The second-order valence-electron chi connectivity index (χ2n) is 7.86. The number of anilines is 2. The van der Waals surface area contributed by atoms with Gasteiger partial charge in [0, 0.05) is 18.7 Å². The number of hydrogen-bond donors (Lipinski definition) is 3. The second-order valence-corrected chi connectivity index (χ2v) is 8.89. The fraction of sp³-hybridized carbons (Fsp3) is 0.238. The maximum absolute atomic E-state index is 12.5. The molecule has 0 radical (unpaired) electrons. The number of imidazole rings is 1. The number of aromatic nitrogens is 3. The van der Waals surface area contributed by atoms with Crippen molar-refractivity contribution in [3.63, 3.8) is 0 Å². The number of benzene rings is 2. The Bertz CT molecular complexity index is 1460. The zero-order valence-electron chi connectivity index (χ0n) is 17.4. The number of halogens is 3. The molecule has 0 spiro atoms. The monoisotopic (exact) mass is 491 g/mol. The Hall–Kier alpha value is -3.87. The van der Waals surface area contributed by atoms with Crippen LogP contribution in [0.4, 0.5) is 24.3 Å². The Balaban J connectivity index is 1.38. The molecule has 5 rings (SSSR count). The Morgan fingerprint density at radius 1 is 1.15 bits per heavy atom. The third-order valence-corrected chi connectivity index (χ3v) is 6.40. The summed E-state index contributed by atoms with van der Waals surface area (Å²) in [4.78, 5) is 32.7. The molecule has 2 aromatic heterocycles. The van der Waals surface area contributed by atoms with Crippen molar-refractivity contribution in [1.29, 1.82) is 0 Å². The summed E-state index contributed by atoms with van der Waals surface area (Å²) in [6, 6.07) is 8.73. The number of carbonyl (C=O) groups excluding carboxylic acids is 1. The van der Waals surface area contributed by atoms with Crippen molar-refractivity contribution in [3.05, 3.63) is 42.0 Å². The molecular weight excluding hydrogens is 475 g/mol. The third kappa shape index (κ3) is 4.09. The number of nitrogens with zero attached hydrogens (tertiary/aromatic N) is 3. The minimum atomic E-state index is -4.78. The number of aryl methyl sites for hydroxylation is 1. The van der Waals surface area contributed by atoms with Crippen LogP contribution in [-0.2, 0) is 11.8 Å². The van der Waals surface area contributed by atoms with Crippen molar-refractivity contribution < 1.29 is 32.6 Å². The zero-order chi connectivity index (χ0) is 24.3. The lowest BCUT2D eigenvalue weighted by Crippen LogP contribution is -2.43. The van der Waals surface area contributed by atoms with Crippen LogP contribution < -0.4 is 15.4 Å². The Morgan fingerprint density at radius 2 is 1.91 bits per heavy atom. The predicted molar refractivity (Wildman–Crippen MR) is 117 cm³/mol. The third-order valence-electron chi connectivity index (χ3n) is 5.47. The summed E-state index contributed by atoms with van der Waals surface area (Å²) in [5.41, 5.74) is 0.787. The van der Waals surface area contributed by atoms with Gasteiger partial charge in [-0.05, 0) is 43.2 Å². The quantitative estimate of drug-likeness (QED) is 0.370. The van der Waals surface area contributed by atoms with Crippen LogP contribution in [0.5, 0.6) is 5.75 Å². The molecule has 1 fully saturated rings. The lowest BCUT2D eigenvalue weighted by atomic mass is 10.1. The fourth-order valence-corrected chi connectivity index (χ4v) is 4.40. The van der Waals surface area contributed by atoms with E-state index in [4.69, 9.17) is 0 Å². The Labute approximate surface area is 193 Å². The van der Waals surface area contributed by atoms with Crippen LogP contribution in [0, 0.1) is 0 Å². The summed E-state index contributed by atoms with van der Waals surface area (Å²) in [7, 11) is 1.75. The maximum atomic E-state index is 12.5. The summed E-state index contributed by atoms with van der Waals surface area (Å²) in [5.74, 6) is -1.48. The normalized spacial score (nSPS) is 14.8. The van der Waals surface area contributed by atoms with Crippen molar-refractivity contribution in [2.75, 3.05) is 5.32 Å². The first kappa shape index (κ1) is 21.9. The van der Waals surface area contributed by atoms with Gasteiger partial charge in [-0.25, -0.2) is 14.8 Å². The summed E-state index contributed by atoms with van der Waals surface area (Å²) in [6.45, 7) is 0. The number of alkyl halides is 3. The van der Waals surface area contributed by atoms with Gasteiger partial charge in [-0.1, -0.05) is 11.3 Å². The highest BCUT2D eigenvalue weighted by atomic mass is 32.1. The number of ether oxygens (including phenoxy) is 1. The summed E-state index contributed by atoms with van der Waals surface area (Å²) >= 11 is 1.13. The van der Waals surface area contributed by atoms with Crippen LogP contribution in [0.2, 0.25) is 0 Å². The van der Waals surface area contributed by atoms with Crippen LogP contribution in [0.15, 0.2) is 36.4 Å². The number of hydrogen-bond acceptors (Lipinski definition) is 7. The van der Waals surface area contributed by atoms with Crippen LogP contribution >= 0.6 is 11.3 Å². The van der Waals surface area contributed by atoms with Gasteiger partial charge in [-0.3, -0.25) is 4.79 Å². The molecule has 1 aliphatic rings. The molecule has 1 aliphatic carbocycles. The van der Waals surface area contributed by atoms with Gasteiger partial charge in [0.1, 0.15) is 11.3 Å². The molecule has 0 atom stereocenters. The molecule has 4 aromatic rings. The van der Waals surface area contributed by atoms with Gasteiger partial charge in [0.2, 0.25) is 5.95 Å². The van der Waals surface area contributed by atoms with Crippen LogP contribution in [-0.4, -0.2) is 43.4 Å². The van der Waals surface area contributed by atoms with Gasteiger partial charge < -0.3 is 25.0 Å². The summed E-state index contributed by atoms with van der Waals surface area (Å²) < 4.78 is 43.6. The number of amides is 1. The number of carboxylic acid groups (broad SMARTS) is 1. The highest BCUT2D eigenvalue weighted by Crippen LogP contribution is 2.36. The average molecular weight is 491 g/mol. The molecule has 0 bridgehead atoms. The summed E-state index contributed by atoms with van der Waals surface area (Å²) in [6.07, 6.45) is -4.00. The molecule has 176 valence electrons. The Morgan fingerprint density at radius 3 is 2.59 bits per heavy atom. The largest absolute Gasteiger partial charge is 0.573 e. The van der Waals surface area contributed by atoms with E-state index in [9.17, 15) is 27.9 Å². The Kier molecular flexibility index (Phi) is 4.90. The van der Waals surface area contributed by atoms with E-state index in [0.717, 1.165) is 11.3 Å². The SMILES string of the molecule is Cn1c(Nc2nc3ccc(OC(F)(F)F)cc3s2)nc2cc(C(=O)NC3(C(=O)O)CC3)ccc21. The standard InChI is InChI=1S/C21H16F3N5O4S/c1-29-14-5-2-10(16(30)28-20(6-7-20)17(31)32)8-13(14)25-18(29)27-19-26-12-4-3-11(9-15(12)34-19)33-21(22,23)24/h2-5,8-9H,6-7H2,1H3,(H,28,30)(H,31,32)(H,25,26,27). The van der Waals surface area contributed by atoms with Crippen LogP contribution in [0.25, 0.3) is 21.3 Å². The van der Waals surface area contributed by atoms with Crippen LogP contribution in [0.3, 0.4) is 0 Å². The number of carbonyl (C=O) groups is 2. The lowest BCUT2D eigenvalue weighted by molar-refractivity contribution is -0.274. The van der Waals surface area contributed by atoms with Crippen molar-refractivity contribution in [1.82, 2.24) is 19.9 Å². The number of nitrogens with one attached hydrogen (secondary N) is 2. The van der Waals surface area contributed by atoms with Gasteiger partial charge in [0.25, 0.3) is 5.91 Å². The molecule has 34 heavy (non-hydrogen) atoms. The fourth-order valence-electron chi connectivity index (χ4n) is 3.51. The molecule has 0 unspecified atom stereocenters. The predicted octanol–water partition coefficient (Wildman–Crippen LogP) is 4.17. The highest BCUT2D eigenvalue weighted by Gasteiger charge is 2.51. The second kappa shape index (κ2) is 7.58. The number of carboxylic acids is 1.